The third kappa shape index (κ3) is 5.63. The Kier molecular flexibility index (Phi) is 6.49. The standard InChI is InChI=1S/C16H26N2O3/c1-10(2)8-11(3)21-12(4)16(19)18-15-7-6-13(20-5)9-14(15)17/h6-7,9-12H,8,17H2,1-5H3,(H,18,19). The quantitative estimate of drug-likeness (QED) is 0.758. The maximum absolute atomic E-state index is 12.1. The molecule has 1 rings (SSSR count). The van der Waals surface area contributed by atoms with Gasteiger partial charge in [-0.3, -0.25) is 4.79 Å². The van der Waals surface area contributed by atoms with Crippen LogP contribution in [0.1, 0.15) is 34.1 Å². The Morgan fingerprint density at radius 1 is 1.29 bits per heavy atom. The van der Waals surface area contributed by atoms with Crippen LogP contribution < -0.4 is 15.8 Å². The molecule has 0 bridgehead atoms. The highest BCUT2D eigenvalue weighted by Crippen LogP contribution is 2.24. The SMILES string of the molecule is COc1ccc(NC(=O)C(C)OC(C)CC(C)C)c(N)c1. The molecule has 1 aromatic rings. The van der Waals surface area contributed by atoms with Crippen molar-refractivity contribution >= 4 is 17.3 Å². The fraction of sp³-hybridized carbons (Fsp3) is 0.562. The zero-order valence-corrected chi connectivity index (χ0v) is 13.5. The van der Waals surface area contributed by atoms with Gasteiger partial charge in [0.1, 0.15) is 11.9 Å². The molecule has 1 aromatic carbocycles. The molecule has 5 nitrogen and oxygen atoms in total. The number of nitrogens with one attached hydrogen (secondary N) is 1. The topological polar surface area (TPSA) is 73.6 Å². The molecule has 5 heteroatoms. The maximum atomic E-state index is 12.1. The first-order valence-corrected chi connectivity index (χ1v) is 7.23. The third-order valence-electron chi connectivity index (χ3n) is 3.13. The number of nitrogens with two attached hydrogens (primary N) is 1. The van der Waals surface area contributed by atoms with Gasteiger partial charge in [-0.05, 0) is 38.3 Å². The highest BCUT2D eigenvalue weighted by atomic mass is 16.5. The lowest BCUT2D eigenvalue weighted by Crippen LogP contribution is -2.31. The van der Waals surface area contributed by atoms with E-state index in [4.69, 9.17) is 15.2 Å². The summed E-state index contributed by atoms with van der Waals surface area (Å²) in [5.74, 6) is 0.982. The Morgan fingerprint density at radius 2 is 1.95 bits per heavy atom. The first kappa shape index (κ1) is 17.3. The van der Waals surface area contributed by atoms with Gasteiger partial charge in [0.05, 0.1) is 24.6 Å². The number of methoxy groups -OCH3 is 1. The summed E-state index contributed by atoms with van der Waals surface area (Å²) in [5, 5.41) is 2.78. The van der Waals surface area contributed by atoms with Gasteiger partial charge in [0, 0.05) is 6.07 Å². The molecule has 118 valence electrons. The number of carbonyl (C=O) groups is 1. The van der Waals surface area contributed by atoms with Crippen molar-refractivity contribution in [3.8, 4) is 5.75 Å². The average molecular weight is 294 g/mol. The van der Waals surface area contributed by atoms with Crippen LogP contribution in [0.15, 0.2) is 18.2 Å². The Labute approximate surface area is 126 Å². The van der Waals surface area contributed by atoms with E-state index in [1.54, 1.807) is 32.2 Å². The molecule has 0 saturated heterocycles. The van der Waals surface area contributed by atoms with Crippen LogP contribution in [0, 0.1) is 5.92 Å². The Bertz CT molecular complexity index is 475. The third-order valence-corrected chi connectivity index (χ3v) is 3.13. The molecule has 1 amide bonds. The highest BCUT2D eigenvalue weighted by molar-refractivity contribution is 5.96. The highest BCUT2D eigenvalue weighted by Gasteiger charge is 2.18. The maximum Gasteiger partial charge on any atom is 0.253 e. The predicted octanol–water partition coefficient (Wildman–Crippen LogP) is 3.06. The molecular formula is C16H26N2O3. The van der Waals surface area contributed by atoms with Crippen LogP contribution in [-0.2, 0) is 9.53 Å². The predicted molar refractivity (Wildman–Crippen MR) is 85.5 cm³/mol. The summed E-state index contributed by atoms with van der Waals surface area (Å²) < 4.78 is 10.8. The lowest BCUT2D eigenvalue weighted by atomic mass is 10.1. The molecule has 2 atom stereocenters. The number of hydrogen-bond donors (Lipinski definition) is 2. The van der Waals surface area contributed by atoms with Crippen LogP contribution >= 0.6 is 0 Å². The first-order chi connectivity index (χ1) is 9.83. The molecule has 0 fully saturated rings. The second-order valence-electron chi connectivity index (χ2n) is 5.66. The zero-order valence-electron chi connectivity index (χ0n) is 13.5. The molecule has 0 aliphatic heterocycles. The van der Waals surface area contributed by atoms with Crippen molar-refractivity contribution in [2.75, 3.05) is 18.2 Å². The second-order valence-corrected chi connectivity index (χ2v) is 5.66. The number of nitrogen functional groups attached to an aromatic ring is 1. The van der Waals surface area contributed by atoms with E-state index in [2.05, 4.69) is 19.2 Å². The molecule has 0 aliphatic carbocycles. The monoisotopic (exact) mass is 294 g/mol. The average Bonchev–Trinajstić information content (AvgIpc) is 2.39. The summed E-state index contributed by atoms with van der Waals surface area (Å²) in [6.07, 6.45) is 0.432. The minimum Gasteiger partial charge on any atom is -0.497 e. The molecule has 0 spiro atoms. The van der Waals surface area contributed by atoms with Crippen molar-refractivity contribution in [3.05, 3.63) is 18.2 Å². The lowest BCUT2D eigenvalue weighted by molar-refractivity contribution is -0.129. The van der Waals surface area contributed by atoms with Gasteiger partial charge in [-0.15, -0.1) is 0 Å². The summed E-state index contributed by atoms with van der Waals surface area (Å²) in [5.41, 5.74) is 6.90. The molecule has 3 N–H and O–H groups in total. The Balaban J connectivity index is 2.60. The van der Waals surface area contributed by atoms with E-state index < -0.39 is 6.10 Å². The zero-order chi connectivity index (χ0) is 16.0. The first-order valence-electron chi connectivity index (χ1n) is 7.23. The van der Waals surface area contributed by atoms with Crippen molar-refractivity contribution in [1.29, 1.82) is 0 Å². The summed E-state index contributed by atoms with van der Waals surface area (Å²) in [7, 11) is 1.57. The lowest BCUT2D eigenvalue weighted by Gasteiger charge is -2.20. The van der Waals surface area contributed by atoms with E-state index in [0.29, 0.717) is 23.0 Å². The van der Waals surface area contributed by atoms with Crippen LogP contribution in [0.2, 0.25) is 0 Å². The Morgan fingerprint density at radius 3 is 2.48 bits per heavy atom. The summed E-state index contributed by atoms with van der Waals surface area (Å²) >= 11 is 0. The van der Waals surface area contributed by atoms with Gasteiger partial charge >= 0.3 is 0 Å². The van der Waals surface area contributed by atoms with Crippen LogP contribution in [0.3, 0.4) is 0 Å². The summed E-state index contributed by atoms with van der Waals surface area (Å²) in [4.78, 5) is 12.1. The van der Waals surface area contributed by atoms with E-state index in [1.807, 2.05) is 6.92 Å². The molecule has 0 radical (unpaired) electrons. The van der Waals surface area contributed by atoms with Crippen molar-refractivity contribution in [2.24, 2.45) is 5.92 Å². The number of rotatable bonds is 7. The van der Waals surface area contributed by atoms with Crippen molar-refractivity contribution < 1.29 is 14.3 Å². The number of carbonyl (C=O) groups excluding carboxylic acids is 1. The van der Waals surface area contributed by atoms with E-state index >= 15 is 0 Å². The van der Waals surface area contributed by atoms with Crippen LogP contribution in [0.5, 0.6) is 5.75 Å². The van der Waals surface area contributed by atoms with Crippen molar-refractivity contribution in [2.45, 2.75) is 46.3 Å². The van der Waals surface area contributed by atoms with Crippen molar-refractivity contribution in [1.82, 2.24) is 0 Å². The van der Waals surface area contributed by atoms with E-state index in [1.165, 1.54) is 0 Å². The summed E-state index contributed by atoms with van der Waals surface area (Å²) in [6, 6.07) is 5.14. The number of ether oxygens (including phenoxy) is 2. The van der Waals surface area contributed by atoms with Gasteiger partial charge in [-0.2, -0.15) is 0 Å². The van der Waals surface area contributed by atoms with Gasteiger partial charge < -0.3 is 20.5 Å². The molecular weight excluding hydrogens is 268 g/mol. The number of anilines is 2. The van der Waals surface area contributed by atoms with Gasteiger partial charge in [-0.25, -0.2) is 0 Å². The van der Waals surface area contributed by atoms with Gasteiger partial charge in [-0.1, -0.05) is 13.8 Å². The van der Waals surface area contributed by atoms with Crippen LogP contribution in [-0.4, -0.2) is 25.2 Å². The van der Waals surface area contributed by atoms with Crippen molar-refractivity contribution in [3.63, 3.8) is 0 Å². The largest absolute Gasteiger partial charge is 0.497 e. The van der Waals surface area contributed by atoms with E-state index in [0.717, 1.165) is 6.42 Å². The van der Waals surface area contributed by atoms with E-state index in [-0.39, 0.29) is 12.0 Å². The molecule has 0 aromatic heterocycles. The van der Waals surface area contributed by atoms with E-state index in [9.17, 15) is 4.79 Å². The molecule has 0 heterocycles. The van der Waals surface area contributed by atoms with Crippen LogP contribution in [0.25, 0.3) is 0 Å². The smallest absolute Gasteiger partial charge is 0.253 e. The number of benzene rings is 1. The number of hydrogen-bond acceptors (Lipinski definition) is 4. The molecule has 0 aliphatic rings. The van der Waals surface area contributed by atoms with Gasteiger partial charge in [0.25, 0.3) is 5.91 Å². The van der Waals surface area contributed by atoms with Gasteiger partial charge in [0.15, 0.2) is 0 Å². The second kappa shape index (κ2) is 7.88. The Hall–Kier alpha value is -1.75. The fourth-order valence-electron chi connectivity index (χ4n) is 2.15. The minimum absolute atomic E-state index is 0.0407. The molecule has 2 unspecified atom stereocenters. The van der Waals surface area contributed by atoms with Crippen LogP contribution in [0.4, 0.5) is 11.4 Å². The summed E-state index contributed by atoms with van der Waals surface area (Å²) in [6.45, 7) is 7.97. The van der Waals surface area contributed by atoms with Gasteiger partial charge in [0.2, 0.25) is 0 Å². The molecule has 21 heavy (non-hydrogen) atoms. The normalized spacial score (nSPS) is 13.8. The molecule has 0 saturated carbocycles. The minimum atomic E-state index is -0.528. The number of amides is 1. The fourth-order valence-corrected chi connectivity index (χ4v) is 2.15.